The smallest absolute Gasteiger partial charge is 0.319 e. The molecular formula is C17H24N4O2S. The highest BCUT2D eigenvalue weighted by Gasteiger charge is 2.22. The molecule has 6 nitrogen and oxygen atoms in total. The molecule has 1 atom stereocenters. The van der Waals surface area contributed by atoms with Crippen molar-refractivity contribution in [2.45, 2.75) is 12.8 Å². The number of carbonyl (C=O) groups excluding carboxylic acids is 1. The molecule has 1 aliphatic heterocycles. The number of benzene rings is 1. The van der Waals surface area contributed by atoms with E-state index in [1.807, 2.05) is 23.7 Å². The Morgan fingerprint density at radius 3 is 3.29 bits per heavy atom. The Morgan fingerprint density at radius 1 is 1.50 bits per heavy atom. The number of fused-ring (bicyclic) bond motifs is 1. The fourth-order valence-corrected chi connectivity index (χ4v) is 3.72. The van der Waals surface area contributed by atoms with Crippen LogP contribution in [-0.4, -0.2) is 55.8 Å². The number of methoxy groups -OCH3 is 1. The number of thiazole rings is 1. The zero-order chi connectivity index (χ0) is 16.8. The van der Waals surface area contributed by atoms with Crippen molar-refractivity contribution in [3.05, 3.63) is 23.7 Å². The minimum absolute atomic E-state index is 0.151. The Morgan fingerprint density at radius 2 is 2.42 bits per heavy atom. The highest BCUT2D eigenvalue weighted by molar-refractivity contribution is 7.16. The molecule has 1 aromatic heterocycles. The van der Waals surface area contributed by atoms with Crippen LogP contribution < -0.4 is 10.6 Å². The molecule has 7 heteroatoms. The first-order valence-corrected chi connectivity index (χ1v) is 9.22. The Kier molecular flexibility index (Phi) is 6.01. The number of anilines is 1. The molecule has 1 fully saturated rings. The van der Waals surface area contributed by atoms with Crippen molar-refractivity contribution in [3.8, 4) is 0 Å². The second kappa shape index (κ2) is 8.41. The highest BCUT2D eigenvalue weighted by Crippen LogP contribution is 2.21. The van der Waals surface area contributed by atoms with Gasteiger partial charge in [-0.2, -0.15) is 0 Å². The lowest BCUT2D eigenvalue weighted by Crippen LogP contribution is -2.34. The molecule has 1 aromatic carbocycles. The number of hydrogen-bond donors (Lipinski definition) is 2. The van der Waals surface area contributed by atoms with Crippen molar-refractivity contribution in [2.75, 3.05) is 45.2 Å². The topological polar surface area (TPSA) is 66.5 Å². The molecule has 24 heavy (non-hydrogen) atoms. The first-order chi connectivity index (χ1) is 11.7. The number of ether oxygens (including phenoxy) is 1. The summed E-state index contributed by atoms with van der Waals surface area (Å²) in [4.78, 5) is 18.8. The third-order valence-corrected chi connectivity index (χ3v) is 5.14. The fourth-order valence-electron chi connectivity index (χ4n) is 3.06. The van der Waals surface area contributed by atoms with E-state index in [1.165, 1.54) is 0 Å². The summed E-state index contributed by atoms with van der Waals surface area (Å²) in [5.41, 5.74) is 3.51. The van der Waals surface area contributed by atoms with Gasteiger partial charge in [-0.05, 0) is 43.5 Å². The van der Waals surface area contributed by atoms with Gasteiger partial charge in [0.1, 0.15) is 0 Å². The summed E-state index contributed by atoms with van der Waals surface area (Å²) in [5.74, 6) is 0.527. The van der Waals surface area contributed by atoms with E-state index in [-0.39, 0.29) is 6.03 Å². The molecule has 1 aliphatic rings. The minimum atomic E-state index is -0.151. The van der Waals surface area contributed by atoms with Crippen molar-refractivity contribution >= 4 is 33.3 Å². The molecule has 0 bridgehead atoms. The number of carbonyl (C=O) groups is 1. The standard InChI is InChI=1S/C17H24N4O2S/c1-23-8-2-6-21-7-5-13(11-21)10-18-17(22)20-14-3-4-16-15(9-14)19-12-24-16/h3-4,9,12-13H,2,5-8,10-11H2,1H3,(H2,18,20,22). The fraction of sp³-hybridized carbons (Fsp3) is 0.529. The molecule has 1 saturated heterocycles. The van der Waals surface area contributed by atoms with Crippen LogP contribution in [0.4, 0.5) is 10.5 Å². The molecule has 1 unspecified atom stereocenters. The monoisotopic (exact) mass is 348 g/mol. The SMILES string of the molecule is COCCCN1CCC(CNC(=O)Nc2ccc3scnc3c2)C1. The predicted octanol–water partition coefficient (Wildman–Crippen LogP) is 2.78. The number of rotatable bonds is 7. The second-order valence-corrected chi connectivity index (χ2v) is 7.06. The van der Waals surface area contributed by atoms with Crippen molar-refractivity contribution in [1.29, 1.82) is 0 Å². The maximum absolute atomic E-state index is 12.1. The Balaban J connectivity index is 1.39. The first-order valence-electron chi connectivity index (χ1n) is 8.34. The van der Waals surface area contributed by atoms with Crippen LogP contribution in [0, 0.1) is 5.92 Å². The molecular weight excluding hydrogens is 324 g/mol. The van der Waals surface area contributed by atoms with Crippen molar-refractivity contribution < 1.29 is 9.53 Å². The van der Waals surface area contributed by atoms with Gasteiger partial charge < -0.3 is 20.3 Å². The summed E-state index contributed by atoms with van der Waals surface area (Å²) < 4.78 is 6.22. The number of amides is 2. The lowest BCUT2D eigenvalue weighted by atomic mass is 10.1. The van der Waals surface area contributed by atoms with E-state index in [2.05, 4.69) is 20.5 Å². The van der Waals surface area contributed by atoms with Gasteiger partial charge in [0.2, 0.25) is 0 Å². The molecule has 0 radical (unpaired) electrons. The van der Waals surface area contributed by atoms with Crippen LogP contribution >= 0.6 is 11.3 Å². The van der Waals surface area contributed by atoms with E-state index < -0.39 is 0 Å². The van der Waals surface area contributed by atoms with Gasteiger partial charge in [0.15, 0.2) is 0 Å². The Hall–Kier alpha value is -1.70. The number of aromatic nitrogens is 1. The summed E-state index contributed by atoms with van der Waals surface area (Å²) in [6, 6.07) is 5.64. The third kappa shape index (κ3) is 4.66. The summed E-state index contributed by atoms with van der Waals surface area (Å²) in [6.45, 7) is 4.76. The molecule has 2 amide bonds. The van der Waals surface area contributed by atoms with E-state index >= 15 is 0 Å². The number of nitrogens with zero attached hydrogens (tertiary/aromatic N) is 2. The molecule has 2 aromatic rings. The predicted molar refractivity (Wildman–Crippen MR) is 97.7 cm³/mol. The minimum Gasteiger partial charge on any atom is -0.385 e. The van der Waals surface area contributed by atoms with Gasteiger partial charge in [-0.25, -0.2) is 9.78 Å². The molecule has 0 spiro atoms. The van der Waals surface area contributed by atoms with Gasteiger partial charge in [-0.15, -0.1) is 11.3 Å². The van der Waals surface area contributed by atoms with E-state index in [9.17, 15) is 4.79 Å². The Bertz CT molecular complexity index is 675. The first kappa shape index (κ1) is 17.1. The average molecular weight is 348 g/mol. The third-order valence-electron chi connectivity index (χ3n) is 4.33. The lowest BCUT2D eigenvalue weighted by molar-refractivity contribution is 0.178. The van der Waals surface area contributed by atoms with Crippen LogP contribution in [-0.2, 0) is 4.74 Å². The number of likely N-dealkylation sites (tertiary alicyclic amines) is 1. The molecule has 2 heterocycles. The van der Waals surface area contributed by atoms with Gasteiger partial charge in [-0.1, -0.05) is 0 Å². The van der Waals surface area contributed by atoms with Crippen molar-refractivity contribution in [1.82, 2.24) is 15.2 Å². The second-order valence-electron chi connectivity index (χ2n) is 6.17. The van der Waals surface area contributed by atoms with Gasteiger partial charge in [0, 0.05) is 39.0 Å². The lowest BCUT2D eigenvalue weighted by Gasteiger charge is -2.16. The van der Waals surface area contributed by atoms with Crippen molar-refractivity contribution in [3.63, 3.8) is 0 Å². The maximum atomic E-state index is 12.1. The summed E-state index contributed by atoms with van der Waals surface area (Å²) in [7, 11) is 1.74. The van der Waals surface area contributed by atoms with Crippen LogP contribution in [0.25, 0.3) is 10.2 Å². The largest absolute Gasteiger partial charge is 0.385 e. The van der Waals surface area contributed by atoms with E-state index in [4.69, 9.17) is 4.74 Å². The zero-order valence-electron chi connectivity index (χ0n) is 14.0. The highest BCUT2D eigenvalue weighted by atomic mass is 32.1. The zero-order valence-corrected chi connectivity index (χ0v) is 14.8. The number of urea groups is 1. The maximum Gasteiger partial charge on any atom is 0.319 e. The van der Waals surface area contributed by atoms with Gasteiger partial charge in [-0.3, -0.25) is 0 Å². The average Bonchev–Trinajstić information content (AvgIpc) is 3.22. The number of hydrogen-bond acceptors (Lipinski definition) is 5. The molecule has 2 N–H and O–H groups in total. The van der Waals surface area contributed by atoms with E-state index in [0.29, 0.717) is 12.5 Å². The molecule has 3 rings (SSSR count). The summed E-state index contributed by atoms with van der Waals surface area (Å²) in [6.07, 6.45) is 2.20. The molecule has 130 valence electrons. The van der Waals surface area contributed by atoms with Gasteiger partial charge >= 0.3 is 6.03 Å². The van der Waals surface area contributed by atoms with Gasteiger partial charge in [0.05, 0.1) is 15.7 Å². The Labute approximate surface area is 146 Å². The van der Waals surface area contributed by atoms with Crippen LogP contribution in [0.1, 0.15) is 12.8 Å². The quantitative estimate of drug-likeness (QED) is 0.755. The van der Waals surface area contributed by atoms with Crippen molar-refractivity contribution in [2.24, 2.45) is 5.92 Å². The van der Waals surface area contributed by atoms with E-state index in [0.717, 1.165) is 55.0 Å². The van der Waals surface area contributed by atoms with Crippen LogP contribution in [0.2, 0.25) is 0 Å². The number of nitrogens with one attached hydrogen (secondary N) is 2. The van der Waals surface area contributed by atoms with Crippen LogP contribution in [0.5, 0.6) is 0 Å². The van der Waals surface area contributed by atoms with Crippen LogP contribution in [0.3, 0.4) is 0 Å². The normalized spacial score (nSPS) is 18.1. The van der Waals surface area contributed by atoms with E-state index in [1.54, 1.807) is 18.4 Å². The molecule has 0 aliphatic carbocycles. The van der Waals surface area contributed by atoms with Crippen LogP contribution in [0.15, 0.2) is 23.7 Å². The summed E-state index contributed by atoms with van der Waals surface area (Å²) in [5, 5.41) is 5.87. The summed E-state index contributed by atoms with van der Waals surface area (Å²) >= 11 is 1.60. The molecule has 0 saturated carbocycles. The van der Waals surface area contributed by atoms with Gasteiger partial charge in [0.25, 0.3) is 0 Å².